The van der Waals surface area contributed by atoms with Crippen molar-refractivity contribution in [1.29, 1.82) is 0 Å². The fourth-order valence-electron chi connectivity index (χ4n) is 1.42. The number of carbonyl (C=O) groups is 2. The normalized spacial score (nSPS) is 10.3. The van der Waals surface area contributed by atoms with Gasteiger partial charge in [0.2, 0.25) is 0 Å². The van der Waals surface area contributed by atoms with Crippen LogP contribution < -0.4 is 0 Å². The average Bonchev–Trinajstić information content (AvgIpc) is 2.78. The maximum Gasteiger partial charge on any atom is 0.305 e. The van der Waals surface area contributed by atoms with Crippen LogP contribution in [0.15, 0.2) is 10.6 Å². The molecule has 100 valence electrons. The molecule has 0 aromatic carbocycles. The Kier molecular flexibility index (Phi) is 5.31. The van der Waals surface area contributed by atoms with Gasteiger partial charge in [0.1, 0.15) is 6.61 Å². The smallest absolute Gasteiger partial charge is 0.305 e. The second-order valence-corrected chi connectivity index (χ2v) is 3.64. The summed E-state index contributed by atoms with van der Waals surface area (Å²) in [5.41, 5.74) is 0.161. The van der Waals surface area contributed by atoms with Gasteiger partial charge in [-0.3, -0.25) is 9.59 Å². The summed E-state index contributed by atoms with van der Waals surface area (Å²) in [5.74, 6) is -0.832. The highest BCUT2D eigenvalue weighted by Gasteiger charge is 2.19. The molecule has 0 aliphatic carbocycles. The van der Waals surface area contributed by atoms with E-state index in [0.29, 0.717) is 12.3 Å². The number of aliphatic carboxylic acids is 1. The Balaban J connectivity index is 2.66. The van der Waals surface area contributed by atoms with Gasteiger partial charge in [-0.25, -0.2) is 0 Å². The van der Waals surface area contributed by atoms with E-state index in [1.807, 2.05) is 0 Å². The molecule has 0 radical (unpaired) electrons. The lowest BCUT2D eigenvalue weighted by Crippen LogP contribution is -2.33. The maximum absolute atomic E-state index is 12.0. The van der Waals surface area contributed by atoms with Crippen LogP contribution in [0.1, 0.15) is 29.6 Å². The summed E-state index contributed by atoms with van der Waals surface area (Å²) in [6, 6.07) is 1.50. The van der Waals surface area contributed by atoms with Gasteiger partial charge in [0.25, 0.3) is 5.91 Å². The van der Waals surface area contributed by atoms with Gasteiger partial charge in [-0.1, -0.05) is 5.16 Å². The lowest BCUT2D eigenvalue weighted by Gasteiger charge is -2.18. The number of methoxy groups -OCH3 is 1. The first-order chi connectivity index (χ1) is 8.58. The Hall–Kier alpha value is -1.89. The van der Waals surface area contributed by atoms with Crippen molar-refractivity contribution in [2.24, 2.45) is 0 Å². The molecule has 0 atom stereocenters. The van der Waals surface area contributed by atoms with E-state index < -0.39 is 5.97 Å². The summed E-state index contributed by atoms with van der Waals surface area (Å²) in [7, 11) is 1.51. The minimum atomic E-state index is -0.943. The molecule has 0 aliphatic heterocycles. The molecule has 7 heteroatoms. The topological polar surface area (TPSA) is 92.9 Å². The number of rotatable bonds is 7. The highest BCUT2D eigenvalue weighted by molar-refractivity contribution is 5.92. The van der Waals surface area contributed by atoms with E-state index >= 15 is 0 Å². The fourth-order valence-corrected chi connectivity index (χ4v) is 1.42. The zero-order valence-electron chi connectivity index (χ0n) is 10.4. The molecule has 0 bridgehead atoms. The Labute approximate surface area is 104 Å². The molecule has 0 saturated heterocycles. The van der Waals surface area contributed by atoms with E-state index in [1.54, 1.807) is 6.92 Å². The number of nitrogens with zero attached hydrogens (tertiary/aromatic N) is 2. The molecule has 1 heterocycles. The van der Waals surface area contributed by atoms with Crippen LogP contribution in [0.2, 0.25) is 0 Å². The molecule has 1 N–H and O–H groups in total. The Morgan fingerprint density at radius 1 is 1.56 bits per heavy atom. The van der Waals surface area contributed by atoms with Gasteiger partial charge < -0.3 is 19.3 Å². The van der Waals surface area contributed by atoms with Crippen molar-refractivity contribution in [3.63, 3.8) is 0 Å². The standard InChI is InChI=1S/C11H16N2O5/c1-3-13(5-4-10(14)15)11(16)9-6-8(7-17-2)18-12-9/h6H,3-5,7H2,1-2H3,(H,14,15). The average molecular weight is 256 g/mol. The number of carboxylic acid groups (broad SMARTS) is 1. The quantitative estimate of drug-likeness (QED) is 0.774. The first-order valence-electron chi connectivity index (χ1n) is 5.54. The van der Waals surface area contributed by atoms with Crippen molar-refractivity contribution in [3.05, 3.63) is 17.5 Å². The van der Waals surface area contributed by atoms with Crippen LogP contribution in [-0.4, -0.2) is 47.2 Å². The summed E-state index contributed by atoms with van der Waals surface area (Å²) in [4.78, 5) is 23.9. The Morgan fingerprint density at radius 3 is 2.83 bits per heavy atom. The predicted octanol–water partition coefficient (Wildman–Crippen LogP) is 0.758. The zero-order chi connectivity index (χ0) is 13.5. The molecular formula is C11H16N2O5. The number of hydrogen-bond acceptors (Lipinski definition) is 5. The largest absolute Gasteiger partial charge is 0.481 e. The van der Waals surface area contributed by atoms with Gasteiger partial charge in [0, 0.05) is 26.3 Å². The molecule has 0 saturated carbocycles. The fraction of sp³-hybridized carbons (Fsp3) is 0.545. The van der Waals surface area contributed by atoms with Crippen LogP contribution in [0.25, 0.3) is 0 Å². The third kappa shape index (κ3) is 3.85. The minimum absolute atomic E-state index is 0.0949. The van der Waals surface area contributed by atoms with Gasteiger partial charge >= 0.3 is 5.97 Å². The van der Waals surface area contributed by atoms with E-state index in [2.05, 4.69) is 5.16 Å². The van der Waals surface area contributed by atoms with Crippen LogP contribution in [-0.2, 0) is 16.1 Å². The number of amides is 1. The van der Waals surface area contributed by atoms with Gasteiger partial charge in [0.05, 0.1) is 6.42 Å². The first kappa shape index (κ1) is 14.2. The van der Waals surface area contributed by atoms with E-state index in [1.165, 1.54) is 18.1 Å². The van der Waals surface area contributed by atoms with E-state index in [9.17, 15) is 9.59 Å². The number of carbonyl (C=O) groups excluding carboxylic acids is 1. The number of hydrogen-bond donors (Lipinski definition) is 1. The summed E-state index contributed by atoms with van der Waals surface area (Å²) in [6.45, 7) is 2.58. The third-order valence-corrected chi connectivity index (χ3v) is 2.33. The van der Waals surface area contributed by atoms with Crippen molar-refractivity contribution < 1.29 is 24.0 Å². The molecule has 0 fully saturated rings. The number of aromatic nitrogens is 1. The van der Waals surface area contributed by atoms with Crippen LogP contribution in [0.4, 0.5) is 0 Å². The Bertz CT molecular complexity index is 415. The number of ether oxygens (including phenoxy) is 1. The molecule has 18 heavy (non-hydrogen) atoms. The van der Waals surface area contributed by atoms with Crippen molar-refractivity contribution >= 4 is 11.9 Å². The summed E-state index contributed by atoms with van der Waals surface area (Å²) in [5, 5.41) is 12.2. The first-order valence-corrected chi connectivity index (χ1v) is 5.54. The highest BCUT2D eigenvalue weighted by Crippen LogP contribution is 2.08. The predicted molar refractivity (Wildman–Crippen MR) is 61.0 cm³/mol. The lowest BCUT2D eigenvalue weighted by atomic mass is 10.3. The summed E-state index contributed by atoms with van der Waals surface area (Å²) < 4.78 is 9.76. The van der Waals surface area contributed by atoms with Gasteiger partial charge in [-0.05, 0) is 6.92 Å². The molecule has 0 aliphatic rings. The van der Waals surface area contributed by atoms with E-state index in [0.717, 1.165) is 0 Å². The summed E-state index contributed by atoms with van der Waals surface area (Å²) in [6.07, 6.45) is -0.0949. The minimum Gasteiger partial charge on any atom is -0.481 e. The van der Waals surface area contributed by atoms with Gasteiger partial charge in [0.15, 0.2) is 11.5 Å². The molecule has 1 aromatic heterocycles. The van der Waals surface area contributed by atoms with Crippen molar-refractivity contribution in [2.45, 2.75) is 20.0 Å². The molecule has 0 spiro atoms. The molecule has 1 aromatic rings. The van der Waals surface area contributed by atoms with Crippen molar-refractivity contribution in [2.75, 3.05) is 20.2 Å². The summed E-state index contributed by atoms with van der Waals surface area (Å²) >= 11 is 0. The Morgan fingerprint density at radius 2 is 2.28 bits per heavy atom. The van der Waals surface area contributed by atoms with Crippen LogP contribution in [0.5, 0.6) is 0 Å². The second kappa shape index (κ2) is 6.75. The zero-order valence-corrected chi connectivity index (χ0v) is 10.4. The molecule has 1 rings (SSSR count). The SMILES string of the molecule is CCN(CCC(=O)O)C(=O)c1cc(COC)on1. The highest BCUT2D eigenvalue weighted by atomic mass is 16.5. The monoisotopic (exact) mass is 256 g/mol. The van der Waals surface area contributed by atoms with Crippen LogP contribution >= 0.6 is 0 Å². The molecular weight excluding hydrogens is 240 g/mol. The van der Waals surface area contributed by atoms with E-state index in [4.69, 9.17) is 14.4 Å². The van der Waals surface area contributed by atoms with Crippen molar-refractivity contribution in [3.8, 4) is 0 Å². The van der Waals surface area contributed by atoms with E-state index in [-0.39, 0.29) is 31.2 Å². The lowest BCUT2D eigenvalue weighted by molar-refractivity contribution is -0.137. The molecule has 1 amide bonds. The maximum atomic E-state index is 12.0. The van der Waals surface area contributed by atoms with Gasteiger partial charge in [-0.15, -0.1) is 0 Å². The third-order valence-electron chi connectivity index (χ3n) is 2.33. The van der Waals surface area contributed by atoms with Crippen LogP contribution in [0, 0.1) is 0 Å². The van der Waals surface area contributed by atoms with Crippen molar-refractivity contribution in [1.82, 2.24) is 10.1 Å². The number of carboxylic acids is 1. The molecule has 0 unspecified atom stereocenters. The second-order valence-electron chi connectivity index (χ2n) is 3.64. The van der Waals surface area contributed by atoms with Crippen LogP contribution in [0.3, 0.4) is 0 Å². The van der Waals surface area contributed by atoms with Gasteiger partial charge in [-0.2, -0.15) is 0 Å². The molecule has 7 nitrogen and oxygen atoms in total.